The molecule has 2 saturated heterocycles. The Morgan fingerprint density at radius 3 is 2.42 bits per heavy atom. The van der Waals surface area contributed by atoms with Gasteiger partial charge in [0, 0.05) is 26.2 Å². The molecule has 0 bridgehead atoms. The molecule has 1 N–H and O–H groups in total. The summed E-state index contributed by atoms with van der Waals surface area (Å²) in [5.41, 5.74) is 1.73. The molecule has 3 aliphatic heterocycles. The molecule has 0 aromatic heterocycles. The van der Waals surface area contributed by atoms with Crippen molar-refractivity contribution >= 4 is 17.7 Å². The molecule has 2 fully saturated rings. The Hall–Kier alpha value is -2.21. The number of hydrogen-bond donors (Lipinski definition) is 1. The van der Waals surface area contributed by atoms with E-state index in [1.54, 1.807) is 19.1 Å². The molecule has 0 spiro atoms. The SMILES string of the molecule is Cc1ccc2c(c1)C(=O)N(C(C)C(=O)N1C[C@H]3CNC[C@H]3C1)C2=O. The van der Waals surface area contributed by atoms with Crippen molar-refractivity contribution in [1.29, 1.82) is 0 Å². The molecule has 1 unspecified atom stereocenters. The quantitative estimate of drug-likeness (QED) is 0.810. The number of carbonyl (C=O) groups excluding carboxylic acids is 3. The van der Waals surface area contributed by atoms with Gasteiger partial charge in [-0.1, -0.05) is 11.6 Å². The van der Waals surface area contributed by atoms with Gasteiger partial charge in [-0.25, -0.2) is 0 Å². The Morgan fingerprint density at radius 2 is 1.75 bits per heavy atom. The van der Waals surface area contributed by atoms with E-state index < -0.39 is 6.04 Å². The highest BCUT2D eigenvalue weighted by molar-refractivity contribution is 6.22. The van der Waals surface area contributed by atoms with Crippen LogP contribution >= 0.6 is 0 Å². The summed E-state index contributed by atoms with van der Waals surface area (Å²) in [5.74, 6) is 0.130. The molecule has 1 aromatic carbocycles. The second-order valence-corrected chi connectivity index (χ2v) is 7.13. The molecule has 6 nitrogen and oxygen atoms in total. The van der Waals surface area contributed by atoms with Crippen molar-refractivity contribution in [1.82, 2.24) is 15.1 Å². The van der Waals surface area contributed by atoms with Gasteiger partial charge in [0.25, 0.3) is 11.8 Å². The number of benzene rings is 1. The largest absolute Gasteiger partial charge is 0.340 e. The van der Waals surface area contributed by atoms with Crippen LogP contribution in [0.2, 0.25) is 0 Å². The first-order valence-electron chi connectivity index (χ1n) is 8.45. The van der Waals surface area contributed by atoms with E-state index in [1.165, 1.54) is 0 Å². The van der Waals surface area contributed by atoms with Gasteiger partial charge in [0.2, 0.25) is 5.91 Å². The summed E-state index contributed by atoms with van der Waals surface area (Å²) in [4.78, 5) is 41.0. The van der Waals surface area contributed by atoms with Gasteiger partial charge >= 0.3 is 0 Å². The van der Waals surface area contributed by atoms with E-state index in [9.17, 15) is 14.4 Å². The van der Waals surface area contributed by atoms with Gasteiger partial charge in [0.15, 0.2) is 0 Å². The summed E-state index contributed by atoms with van der Waals surface area (Å²) in [5, 5.41) is 3.34. The summed E-state index contributed by atoms with van der Waals surface area (Å²) in [7, 11) is 0. The molecule has 0 aliphatic carbocycles. The Morgan fingerprint density at radius 1 is 1.12 bits per heavy atom. The molecule has 3 atom stereocenters. The van der Waals surface area contributed by atoms with Crippen LogP contribution in [0.5, 0.6) is 0 Å². The number of hydrogen-bond acceptors (Lipinski definition) is 4. The predicted molar refractivity (Wildman–Crippen MR) is 87.6 cm³/mol. The van der Waals surface area contributed by atoms with E-state index in [1.807, 2.05) is 17.9 Å². The second-order valence-electron chi connectivity index (χ2n) is 7.13. The normalized spacial score (nSPS) is 26.8. The maximum absolute atomic E-state index is 12.8. The van der Waals surface area contributed by atoms with Crippen molar-refractivity contribution in [2.24, 2.45) is 11.8 Å². The molecule has 1 aromatic rings. The molecule has 24 heavy (non-hydrogen) atoms. The lowest BCUT2D eigenvalue weighted by molar-refractivity contribution is -0.134. The van der Waals surface area contributed by atoms with Crippen molar-refractivity contribution in [2.45, 2.75) is 19.9 Å². The topological polar surface area (TPSA) is 69.7 Å². The lowest BCUT2D eigenvalue weighted by Crippen LogP contribution is -2.49. The van der Waals surface area contributed by atoms with Crippen LogP contribution in [0.4, 0.5) is 0 Å². The zero-order valence-electron chi connectivity index (χ0n) is 13.9. The summed E-state index contributed by atoms with van der Waals surface area (Å²) < 4.78 is 0. The van der Waals surface area contributed by atoms with Crippen LogP contribution in [-0.2, 0) is 4.79 Å². The van der Waals surface area contributed by atoms with Gasteiger partial charge in [-0.2, -0.15) is 0 Å². The van der Waals surface area contributed by atoms with Gasteiger partial charge in [0.1, 0.15) is 6.04 Å². The third-order valence-electron chi connectivity index (χ3n) is 5.52. The molecule has 0 saturated carbocycles. The molecule has 3 aliphatic rings. The molecule has 6 heteroatoms. The van der Waals surface area contributed by atoms with Crippen LogP contribution < -0.4 is 5.32 Å². The van der Waals surface area contributed by atoms with Crippen LogP contribution in [0.1, 0.15) is 33.2 Å². The first-order chi connectivity index (χ1) is 11.5. The minimum atomic E-state index is -0.760. The zero-order valence-corrected chi connectivity index (χ0v) is 13.9. The third-order valence-corrected chi connectivity index (χ3v) is 5.52. The first kappa shape index (κ1) is 15.3. The number of imide groups is 1. The molecular formula is C18H21N3O3. The number of amides is 3. The third kappa shape index (κ3) is 2.17. The highest BCUT2D eigenvalue weighted by atomic mass is 16.2. The fourth-order valence-electron chi connectivity index (χ4n) is 4.14. The highest BCUT2D eigenvalue weighted by Gasteiger charge is 2.45. The minimum absolute atomic E-state index is 0.129. The van der Waals surface area contributed by atoms with Gasteiger partial charge in [-0.15, -0.1) is 0 Å². The minimum Gasteiger partial charge on any atom is -0.340 e. The second kappa shape index (κ2) is 5.41. The molecule has 3 amide bonds. The smallest absolute Gasteiger partial charge is 0.262 e. The van der Waals surface area contributed by atoms with Gasteiger partial charge in [-0.05, 0) is 37.8 Å². The van der Waals surface area contributed by atoms with E-state index in [4.69, 9.17) is 0 Å². The predicted octanol–water partition coefficient (Wildman–Crippen LogP) is 0.657. The number of fused-ring (bicyclic) bond motifs is 2. The number of likely N-dealkylation sites (tertiary alicyclic amines) is 1. The number of carbonyl (C=O) groups is 3. The van der Waals surface area contributed by atoms with Crippen molar-refractivity contribution in [3.63, 3.8) is 0 Å². The monoisotopic (exact) mass is 327 g/mol. The number of aryl methyl sites for hydroxylation is 1. The highest BCUT2D eigenvalue weighted by Crippen LogP contribution is 2.29. The lowest BCUT2D eigenvalue weighted by atomic mass is 10.0. The van der Waals surface area contributed by atoms with Crippen LogP contribution in [-0.4, -0.2) is 59.7 Å². The molecule has 3 heterocycles. The van der Waals surface area contributed by atoms with E-state index in [0.29, 0.717) is 36.1 Å². The van der Waals surface area contributed by atoms with E-state index in [2.05, 4.69) is 5.32 Å². The Balaban J connectivity index is 1.55. The van der Waals surface area contributed by atoms with Crippen molar-refractivity contribution in [3.05, 3.63) is 34.9 Å². The summed E-state index contributed by atoms with van der Waals surface area (Å²) in [6.07, 6.45) is 0. The lowest BCUT2D eigenvalue weighted by Gasteiger charge is -2.27. The Kier molecular flexibility index (Phi) is 3.46. The van der Waals surface area contributed by atoms with Crippen LogP contribution in [0.15, 0.2) is 18.2 Å². The number of nitrogens with one attached hydrogen (secondary N) is 1. The summed E-state index contributed by atoms with van der Waals surface area (Å²) in [6.45, 7) is 6.84. The fourth-order valence-corrected chi connectivity index (χ4v) is 4.14. The Bertz CT molecular complexity index is 733. The molecular weight excluding hydrogens is 306 g/mol. The standard InChI is InChI=1S/C18H21N3O3/c1-10-3-4-14-15(5-10)18(24)21(17(14)23)11(2)16(22)20-8-12-6-19-7-13(12)9-20/h3-5,11-13,19H,6-9H2,1-2H3/t11?,12-,13+. The van der Waals surface area contributed by atoms with Gasteiger partial charge in [0.05, 0.1) is 11.1 Å². The van der Waals surface area contributed by atoms with Crippen molar-refractivity contribution in [3.8, 4) is 0 Å². The maximum atomic E-state index is 12.8. The molecule has 0 radical (unpaired) electrons. The van der Waals surface area contributed by atoms with E-state index in [0.717, 1.165) is 23.6 Å². The van der Waals surface area contributed by atoms with Crippen LogP contribution in [0, 0.1) is 18.8 Å². The number of nitrogens with zero attached hydrogens (tertiary/aromatic N) is 2. The average Bonchev–Trinajstić information content (AvgIpc) is 3.20. The summed E-state index contributed by atoms with van der Waals surface area (Å²) in [6, 6.07) is 4.45. The average molecular weight is 327 g/mol. The maximum Gasteiger partial charge on any atom is 0.262 e. The number of rotatable bonds is 2. The van der Waals surface area contributed by atoms with E-state index in [-0.39, 0.29) is 17.7 Å². The summed E-state index contributed by atoms with van der Waals surface area (Å²) >= 11 is 0. The van der Waals surface area contributed by atoms with Crippen LogP contribution in [0.3, 0.4) is 0 Å². The molecule has 4 rings (SSSR count). The van der Waals surface area contributed by atoms with Crippen molar-refractivity contribution < 1.29 is 14.4 Å². The fraction of sp³-hybridized carbons (Fsp3) is 0.500. The molecule has 126 valence electrons. The van der Waals surface area contributed by atoms with Gasteiger partial charge < -0.3 is 10.2 Å². The zero-order chi connectivity index (χ0) is 17.0. The van der Waals surface area contributed by atoms with E-state index >= 15 is 0 Å². The van der Waals surface area contributed by atoms with Crippen molar-refractivity contribution in [2.75, 3.05) is 26.2 Å². The van der Waals surface area contributed by atoms with Gasteiger partial charge in [-0.3, -0.25) is 19.3 Å². The first-order valence-corrected chi connectivity index (χ1v) is 8.45. The Labute approximate surface area is 140 Å². The van der Waals surface area contributed by atoms with Crippen LogP contribution in [0.25, 0.3) is 0 Å².